The Morgan fingerprint density at radius 2 is 2.00 bits per heavy atom. The first-order chi connectivity index (χ1) is 9.00. The van der Waals surface area contributed by atoms with Crippen molar-refractivity contribution in [1.82, 2.24) is 0 Å². The minimum absolute atomic E-state index is 0.0359. The second-order valence-electron chi connectivity index (χ2n) is 5.01. The number of halogens is 2. The highest BCUT2D eigenvalue weighted by Gasteiger charge is 2.34. The summed E-state index contributed by atoms with van der Waals surface area (Å²) in [6.07, 6.45) is 0.953. The lowest BCUT2D eigenvalue weighted by Gasteiger charge is -2.28. The number of benzene rings is 1. The minimum Gasteiger partial charge on any atom is -0.495 e. The first-order valence-corrected chi connectivity index (χ1v) is 6.44. The van der Waals surface area contributed by atoms with Crippen LogP contribution in [0, 0.1) is 5.92 Å². The van der Waals surface area contributed by atoms with Gasteiger partial charge in [0.1, 0.15) is 11.5 Å². The van der Waals surface area contributed by atoms with E-state index < -0.39 is 5.92 Å². The van der Waals surface area contributed by atoms with Gasteiger partial charge in [-0.25, -0.2) is 8.78 Å². The van der Waals surface area contributed by atoms with Crippen LogP contribution >= 0.6 is 0 Å². The molecular weight excluding hydrogens is 252 g/mol. The Kier molecular flexibility index (Phi) is 4.12. The summed E-state index contributed by atoms with van der Waals surface area (Å²) in [7, 11) is 1.55. The maximum atomic E-state index is 13.0. The van der Waals surface area contributed by atoms with Gasteiger partial charge in [-0.15, -0.1) is 0 Å². The normalized spacial score (nSPS) is 19.1. The molecule has 1 fully saturated rings. The van der Waals surface area contributed by atoms with Gasteiger partial charge in [0, 0.05) is 18.9 Å². The third kappa shape index (κ3) is 3.72. The molecule has 5 heteroatoms. The van der Waals surface area contributed by atoms with Crippen molar-refractivity contribution in [3.63, 3.8) is 0 Å². The van der Waals surface area contributed by atoms with Crippen molar-refractivity contribution in [3.8, 4) is 11.5 Å². The molecular formula is C14H19F2NO2. The van der Waals surface area contributed by atoms with E-state index >= 15 is 0 Å². The van der Waals surface area contributed by atoms with Crippen molar-refractivity contribution in [1.29, 1.82) is 0 Å². The SMILES string of the molecule is COc1ccc(OCC2CCC(F)(F)CC2)cc1N. The van der Waals surface area contributed by atoms with E-state index in [0.29, 0.717) is 36.6 Å². The van der Waals surface area contributed by atoms with Crippen LogP contribution in [0.15, 0.2) is 18.2 Å². The molecule has 1 aliphatic rings. The zero-order valence-corrected chi connectivity index (χ0v) is 11.0. The van der Waals surface area contributed by atoms with E-state index in [1.807, 2.05) is 0 Å². The molecule has 106 valence electrons. The average Bonchev–Trinajstić information content (AvgIpc) is 2.38. The van der Waals surface area contributed by atoms with E-state index in [0.717, 1.165) is 0 Å². The Bertz CT molecular complexity index is 427. The molecule has 19 heavy (non-hydrogen) atoms. The number of methoxy groups -OCH3 is 1. The molecule has 0 atom stereocenters. The van der Waals surface area contributed by atoms with Crippen molar-refractivity contribution in [2.45, 2.75) is 31.6 Å². The van der Waals surface area contributed by atoms with Crippen LogP contribution in [-0.4, -0.2) is 19.6 Å². The van der Waals surface area contributed by atoms with Crippen molar-refractivity contribution < 1.29 is 18.3 Å². The fourth-order valence-electron chi connectivity index (χ4n) is 2.28. The Labute approximate surface area is 111 Å². The van der Waals surface area contributed by atoms with Crippen molar-refractivity contribution in [3.05, 3.63) is 18.2 Å². The van der Waals surface area contributed by atoms with Gasteiger partial charge >= 0.3 is 0 Å². The molecule has 0 radical (unpaired) electrons. The molecule has 0 aromatic heterocycles. The van der Waals surface area contributed by atoms with E-state index in [1.54, 1.807) is 25.3 Å². The summed E-state index contributed by atoms with van der Waals surface area (Å²) >= 11 is 0. The smallest absolute Gasteiger partial charge is 0.248 e. The zero-order valence-electron chi connectivity index (χ0n) is 11.0. The number of anilines is 1. The Hall–Kier alpha value is -1.52. The van der Waals surface area contributed by atoms with Crippen LogP contribution in [0.5, 0.6) is 11.5 Å². The summed E-state index contributed by atoms with van der Waals surface area (Å²) in [4.78, 5) is 0. The molecule has 1 aromatic rings. The number of hydrogen-bond acceptors (Lipinski definition) is 3. The van der Waals surface area contributed by atoms with Gasteiger partial charge in [-0.05, 0) is 30.9 Å². The van der Waals surface area contributed by atoms with Crippen LogP contribution < -0.4 is 15.2 Å². The lowest BCUT2D eigenvalue weighted by Crippen LogP contribution is -2.27. The van der Waals surface area contributed by atoms with Gasteiger partial charge in [-0.3, -0.25) is 0 Å². The Morgan fingerprint density at radius 1 is 1.32 bits per heavy atom. The zero-order chi connectivity index (χ0) is 13.9. The number of nitrogens with two attached hydrogens (primary N) is 1. The van der Waals surface area contributed by atoms with Crippen molar-refractivity contribution >= 4 is 5.69 Å². The van der Waals surface area contributed by atoms with Gasteiger partial charge in [0.15, 0.2) is 0 Å². The van der Waals surface area contributed by atoms with Crippen LogP contribution in [0.3, 0.4) is 0 Å². The van der Waals surface area contributed by atoms with Crippen LogP contribution in [0.1, 0.15) is 25.7 Å². The molecule has 2 N–H and O–H groups in total. The number of ether oxygens (including phenoxy) is 2. The fraction of sp³-hybridized carbons (Fsp3) is 0.571. The first-order valence-electron chi connectivity index (χ1n) is 6.44. The second kappa shape index (κ2) is 5.63. The maximum Gasteiger partial charge on any atom is 0.248 e. The first kappa shape index (κ1) is 13.9. The number of alkyl halides is 2. The largest absolute Gasteiger partial charge is 0.495 e. The van der Waals surface area contributed by atoms with Crippen LogP contribution in [-0.2, 0) is 0 Å². The van der Waals surface area contributed by atoms with E-state index in [9.17, 15) is 8.78 Å². The van der Waals surface area contributed by atoms with Gasteiger partial charge in [-0.2, -0.15) is 0 Å². The lowest BCUT2D eigenvalue weighted by atomic mass is 9.87. The fourth-order valence-corrected chi connectivity index (χ4v) is 2.28. The van der Waals surface area contributed by atoms with Crippen LogP contribution in [0.2, 0.25) is 0 Å². The molecule has 0 unspecified atom stereocenters. The van der Waals surface area contributed by atoms with E-state index in [4.69, 9.17) is 15.2 Å². The summed E-state index contributed by atoms with van der Waals surface area (Å²) in [5, 5.41) is 0. The van der Waals surface area contributed by atoms with E-state index in [1.165, 1.54) is 0 Å². The molecule has 1 saturated carbocycles. The molecule has 0 amide bonds. The number of hydrogen-bond donors (Lipinski definition) is 1. The van der Waals surface area contributed by atoms with Crippen molar-refractivity contribution in [2.24, 2.45) is 5.92 Å². The molecule has 2 rings (SSSR count). The third-order valence-corrected chi connectivity index (χ3v) is 3.52. The molecule has 0 heterocycles. The standard InChI is InChI=1S/C14H19F2NO2/c1-18-13-3-2-11(8-12(13)17)19-9-10-4-6-14(15,16)7-5-10/h2-3,8,10H,4-7,9,17H2,1H3. The van der Waals surface area contributed by atoms with E-state index in [2.05, 4.69) is 0 Å². The molecule has 1 aliphatic carbocycles. The highest BCUT2D eigenvalue weighted by molar-refractivity contribution is 5.56. The average molecular weight is 271 g/mol. The molecule has 0 saturated heterocycles. The van der Waals surface area contributed by atoms with Gasteiger partial charge in [0.2, 0.25) is 5.92 Å². The molecule has 0 aliphatic heterocycles. The number of nitrogen functional groups attached to an aromatic ring is 1. The summed E-state index contributed by atoms with van der Waals surface area (Å²) < 4.78 is 36.7. The van der Waals surface area contributed by atoms with Crippen LogP contribution in [0.25, 0.3) is 0 Å². The van der Waals surface area contributed by atoms with Gasteiger partial charge in [0.25, 0.3) is 0 Å². The highest BCUT2D eigenvalue weighted by Crippen LogP contribution is 2.36. The topological polar surface area (TPSA) is 44.5 Å². The number of rotatable bonds is 4. The Balaban J connectivity index is 1.84. The quantitative estimate of drug-likeness (QED) is 0.853. The Morgan fingerprint density at radius 3 is 2.58 bits per heavy atom. The third-order valence-electron chi connectivity index (χ3n) is 3.52. The summed E-state index contributed by atoms with van der Waals surface area (Å²) in [5.74, 6) is -1.04. The molecule has 1 aromatic carbocycles. The minimum atomic E-state index is -2.49. The molecule has 3 nitrogen and oxygen atoms in total. The molecule has 0 bridgehead atoms. The van der Waals surface area contributed by atoms with Gasteiger partial charge in [-0.1, -0.05) is 0 Å². The molecule has 0 spiro atoms. The summed E-state index contributed by atoms with van der Waals surface area (Å²) in [5.41, 5.74) is 6.28. The van der Waals surface area contributed by atoms with Gasteiger partial charge < -0.3 is 15.2 Å². The predicted octanol–water partition coefficient (Wildman–Crippen LogP) is 3.48. The van der Waals surface area contributed by atoms with E-state index in [-0.39, 0.29) is 18.8 Å². The summed E-state index contributed by atoms with van der Waals surface area (Å²) in [6.45, 7) is 0.460. The second-order valence-corrected chi connectivity index (χ2v) is 5.01. The maximum absolute atomic E-state index is 13.0. The van der Waals surface area contributed by atoms with Gasteiger partial charge in [0.05, 0.1) is 19.4 Å². The highest BCUT2D eigenvalue weighted by atomic mass is 19.3. The van der Waals surface area contributed by atoms with Crippen molar-refractivity contribution in [2.75, 3.05) is 19.5 Å². The van der Waals surface area contributed by atoms with Crippen LogP contribution in [0.4, 0.5) is 14.5 Å². The monoisotopic (exact) mass is 271 g/mol. The lowest BCUT2D eigenvalue weighted by molar-refractivity contribution is -0.0498. The predicted molar refractivity (Wildman–Crippen MR) is 69.8 cm³/mol. The summed E-state index contributed by atoms with van der Waals surface area (Å²) in [6, 6.07) is 5.20.